The number of benzene rings is 1. The van der Waals surface area contributed by atoms with Crippen LogP contribution in [-0.2, 0) is 0 Å². The van der Waals surface area contributed by atoms with E-state index in [0.717, 1.165) is 21.2 Å². The molecule has 2 rings (SSSR count). The lowest BCUT2D eigenvalue weighted by molar-refractivity contribution is 0.199. The van der Waals surface area contributed by atoms with Crippen molar-refractivity contribution in [1.82, 2.24) is 4.98 Å². The Morgan fingerprint density at radius 2 is 1.78 bits per heavy atom. The summed E-state index contributed by atoms with van der Waals surface area (Å²) in [6.07, 6.45) is -0.414. The van der Waals surface area contributed by atoms with E-state index in [1.54, 1.807) is 18.7 Å². The molecule has 0 radical (unpaired) electrons. The summed E-state index contributed by atoms with van der Waals surface area (Å²) >= 11 is 1.64. The molecule has 0 aliphatic carbocycles. The molecule has 94 valence electrons. The maximum absolute atomic E-state index is 9.46. The zero-order valence-electron chi connectivity index (χ0n) is 10.8. The van der Waals surface area contributed by atoms with Crippen LogP contribution in [0, 0.1) is 13.8 Å². The summed E-state index contributed by atoms with van der Waals surface area (Å²) in [6, 6.07) is 12.1. The van der Waals surface area contributed by atoms with Crippen LogP contribution < -0.4 is 0 Å². The van der Waals surface area contributed by atoms with Crippen molar-refractivity contribution in [2.75, 3.05) is 0 Å². The Bertz CT molecular complexity index is 514. The van der Waals surface area contributed by atoms with Crippen LogP contribution >= 0.6 is 11.8 Å². The number of hydrogen-bond acceptors (Lipinski definition) is 3. The van der Waals surface area contributed by atoms with Crippen molar-refractivity contribution in [2.24, 2.45) is 0 Å². The summed E-state index contributed by atoms with van der Waals surface area (Å²) in [5.41, 5.74) is 3.21. The number of aryl methyl sites for hydroxylation is 2. The van der Waals surface area contributed by atoms with Gasteiger partial charge in [0.05, 0.1) is 6.10 Å². The van der Waals surface area contributed by atoms with Gasteiger partial charge in [-0.2, -0.15) is 0 Å². The van der Waals surface area contributed by atoms with Gasteiger partial charge >= 0.3 is 0 Å². The molecule has 0 spiro atoms. The van der Waals surface area contributed by atoms with Crippen LogP contribution in [0.15, 0.2) is 46.3 Å². The quantitative estimate of drug-likeness (QED) is 0.907. The van der Waals surface area contributed by atoms with Crippen LogP contribution in [0.25, 0.3) is 0 Å². The van der Waals surface area contributed by atoms with Crippen molar-refractivity contribution >= 4 is 11.8 Å². The number of aliphatic hydroxyl groups is 1. The van der Waals surface area contributed by atoms with Gasteiger partial charge in [-0.25, -0.2) is 4.98 Å². The molecule has 18 heavy (non-hydrogen) atoms. The molecule has 0 bridgehead atoms. The first-order valence-electron chi connectivity index (χ1n) is 5.96. The van der Waals surface area contributed by atoms with Crippen molar-refractivity contribution in [2.45, 2.75) is 36.8 Å². The molecule has 1 atom stereocenters. The number of rotatable bonds is 3. The number of aromatic nitrogens is 1. The normalized spacial score (nSPS) is 12.4. The van der Waals surface area contributed by atoms with E-state index < -0.39 is 6.10 Å². The molecule has 1 aromatic carbocycles. The van der Waals surface area contributed by atoms with Crippen molar-refractivity contribution in [3.63, 3.8) is 0 Å². The fourth-order valence-electron chi connectivity index (χ4n) is 1.79. The van der Waals surface area contributed by atoms with E-state index in [4.69, 9.17) is 0 Å². The lowest BCUT2D eigenvalue weighted by atomic mass is 10.1. The summed E-state index contributed by atoms with van der Waals surface area (Å²) in [4.78, 5) is 5.64. The van der Waals surface area contributed by atoms with Gasteiger partial charge in [-0.1, -0.05) is 23.9 Å². The lowest BCUT2D eigenvalue weighted by Gasteiger charge is -2.07. The van der Waals surface area contributed by atoms with Crippen LogP contribution in [-0.4, -0.2) is 10.1 Å². The molecular formula is C15H17NOS. The minimum atomic E-state index is -0.414. The van der Waals surface area contributed by atoms with Crippen LogP contribution in [0.4, 0.5) is 0 Å². The van der Waals surface area contributed by atoms with E-state index in [2.05, 4.69) is 24.0 Å². The largest absolute Gasteiger partial charge is 0.389 e. The zero-order chi connectivity index (χ0) is 13.1. The predicted octanol–water partition coefficient (Wildman–Crippen LogP) is 3.90. The Kier molecular flexibility index (Phi) is 4.04. The number of pyridine rings is 1. The van der Waals surface area contributed by atoms with Gasteiger partial charge in [0, 0.05) is 10.6 Å². The third-order valence-corrected chi connectivity index (χ3v) is 3.59. The second kappa shape index (κ2) is 5.55. The SMILES string of the molecule is Cc1cc(C)nc(Sc2ccc([C@@H](C)O)cc2)c1. The molecule has 1 aromatic heterocycles. The Balaban J connectivity index is 2.18. The van der Waals surface area contributed by atoms with Gasteiger partial charge in [-0.05, 0) is 56.2 Å². The maximum Gasteiger partial charge on any atom is 0.101 e. The zero-order valence-corrected chi connectivity index (χ0v) is 11.7. The fraction of sp³-hybridized carbons (Fsp3) is 0.267. The molecule has 0 aliphatic heterocycles. The highest BCUT2D eigenvalue weighted by Crippen LogP contribution is 2.28. The standard InChI is InChI=1S/C15H17NOS/c1-10-8-11(2)16-15(9-10)18-14-6-4-13(5-7-14)12(3)17/h4-9,12,17H,1-3H3/t12-/m1/s1. The lowest BCUT2D eigenvalue weighted by Crippen LogP contribution is -1.90. The second-order valence-electron chi connectivity index (χ2n) is 4.47. The molecule has 0 aliphatic rings. The van der Waals surface area contributed by atoms with Gasteiger partial charge in [0.1, 0.15) is 5.03 Å². The highest BCUT2D eigenvalue weighted by Gasteiger charge is 2.03. The topological polar surface area (TPSA) is 33.1 Å². The van der Waals surface area contributed by atoms with Crippen molar-refractivity contribution in [3.05, 3.63) is 53.2 Å². The first kappa shape index (κ1) is 13.1. The van der Waals surface area contributed by atoms with Crippen LogP contribution in [0.1, 0.15) is 29.8 Å². The number of hydrogen-bond donors (Lipinski definition) is 1. The molecular weight excluding hydrogens is 242 g/mol. The molecule has 2 nitrogen and oxygen atoms in total. The Morgan fingerprint density at radius 1 is 1.11 bits per heavy atom. The third kappa shape index (κ3) is 3.34. The van der Waals surface area contributed by atoms with Gasteiger partial charge in [0.15, 0.2) is 0 Å². The van der Waals surface area contributed by atoms with Crippen molar-refractivity contribution < 1.29 is 5.11 Å². The number of nitrogens with zero attached hydrogens (tertiary/aromatic N) is 1. The van der Waals surface area contributed by atoms with Gasteiger partial charge in [-0.3, -0.25) is 0 Å². The van der Waals surface area contributed by atoms with E-state index in [1.165, 1.54) is 5.56 Å². The van der Waals surface area contributed by atoms with E-state index in [9.17, 15) is 5.11 Å². The van der Waals surface area contributed by atoms with Gasteiger partial charge < -0.3 is 5.11 Å². The Hall–Kier alpha value is -1.32. The van der Waals surface area contributed by atoms with Crippen LogP contribution in [0.3, 0.4) is 0 Å². The summed E-state index contributed by atoms with van der Waals surface area (Å²) in [7, 11) is 0. The Labute approximate surface area is 112 Å². The van der Waals surface area contributed by atoms with Gasteiger partial charge in [-0.15, -0.1) is 0 Å². The van der Waals surface area contributed by atoms with Crippen molar-refractivity contribution in [1.29, 1.82) is 0 Å². The summed E-state index contributed by atoms with van der Waals surface area (Å²) < 4.78 is 0. The highest BCUT2D eigenvalue weighted by atomic mass is 32.2. The smallest absolute Gasteiger partial charge is 0.101 e. The van der Waals surface area contributed by atoms with E-state index in [0.29, 0.717) is 0 Å². The maximum atomic E-state index is 9.46. The Morgan fingerprint density at radius 3 is 2.33 bits per heavy atom. The molecule has 1 heterocycles. The molecule has 3 heteroatoms. The second-order valence-corrected chi connectivity index (χ2v) is 5.56. The molecule has 1 N–H and O–H groups in total. The van der Waals surface area contributed by atoms with Crippen molar-refractivity contribution in [3.8, 4) is 0 Å². The molecule has 2 aromatic rings. The fourth-order valence-corrected chi connectivity index (χ4v) is 2.74. The van der Waals surface area contributed by atoms with E-state index in [-0.39, 0.29) is 0 Å². The van der Waals surface area contributed by atoms with E-state index in [1.807, 2.05) is 31.2 Å². The monoisotopic (exact) mass is 259 g/mol. The summed E-state index contributed by atoms with van der Waals surface area (Å²) in [6.45, 7) is 5.86. The first-order valence-corrected chi connectivity index (χ1v) is 6.77. The summed E-state index contributed by atoms with van der Waals surface area (Å²) in [5, 5.41) is 10.5. The highest BCUT2D eigenvalue weighted by molar-refractivity contribution is 7.99. The van der Waals surface area contributed by atoms with Gasteiger partial charge in [0.2, 0.25) is 0 Å². The molecule has 0 amide bonds. The van der Waals surface area contributed by atoms with Gasteiger partial charge in [0.25, 0.3) is 0 Å². The predicted molar refractivity (Wildman–Crippen MR) is 74.9 cm³/mol. The molecule has 0 fully saturated rings. The van der Waals surface area contributed by atoms with E-state index >= 15 is 0 Å². The minimum absolute atomic E-state index is 0.414. The number of aliphatic hydroxyl groups excluding tert-OH is 1. The molecule has 0 unspecified atom stereocenters. The molecule has 0 saturated heterocycles. The average molecular weight is 259 g/mol. The van der Waals surface area contributed by atoms with Crippen LogP contribution in [0.2, 0.25) is 0 Å². The summed E-state index contributed by atoms with van der Waals surface area (Å²) in [5.74, 6) is 0. The molecule has 0 saturated carbocycles. The first-order chi connectivity index (χ1) is 8.54. The minimum Gasteiger partial charge on any atom is -0.389 e. The third-order valence-electron chi connectivity index (χ3n) is 2.66. The average Bonchev–Trinajstić information content (AvgIpc) is 2.28. The van der Waals surface area contributed by atoms with Crippen LogP contribution in [0.5, 0.6) is 0 Å².